The highest BCUT2D eigenvalue weighted by atomic mass is 16.5. The van der Waals surface area contributed by atoms with Gasteiger partial charge < -0.3 is 19.7 Å². The third kappa shape index (κ3) is 4.22. The lowest BCUT2D eigenvalue weighted by molar-refractivity contribution is -0.127. The van der Waals surface area contributed by atoms with Gasteiger partial charge in [0.05, 0.1) is 20.3 Å². The molecule has 1 N–H and O–H groups in total. The molecule has 1 aliphatic rings. The predicted molar refractivity (Wildman–Crippen MR) is 103 cm³/mol. The fourth-order valence-corrected chi connectivity index (χ4v) is 3.23. The normalized spacial score (nSPS) is 16.3. The van der Waals surface area contributed by atoms with Gasteiger partial charge in [-0.2, -0.15) is 0 Å². The standard InChI is InChI=1S/C21H24N2O4/c1-4-23-13-17(11-20(23)24)22-21(25)15-7-5-14(6-8-15)16-9-18(26-2)12-19(10-16)27-3/h5-10,12,17H,4,11,13H2,1-3H3,(H,22,25)/t17-/m0/s1. The van der Waals surface area contributed by atoms with Crippen molar-refractivity contribution in [2.24, 2.45) is 0 Å². The number of hydrogen-bond acceptors (Lipinski definition) is 4. The Bertz CT molecular complexity index is 810. The zero-order chi connectivity index (χ0) is 19.4. The second-order valence-electron chi connectivity index (χ2n) is 6.49. The molecule has 1 heterocycles. The van der Waals surface area contributed by atoms with Gasteiger partial charge in [0.2, 0.25) is 5.91 Å². The molecule has 6 heteroatoms. The van der Waals surface area contributed by atoms with Crippen molar-refractivity contribution in [3.63, 3.8) is 0 Å². The molecule has 0 radical (unpaired) electrons. The first kappa shape index (κ1) is 18.8. The number of rotatable bonds is 6. The molecule has 1 fully saturated rings. The van der Waals surface area contributed by atoms with Gasteiger partial charge in [-0.15, -0.1) is 0 Å². The molecule has 0 aliphatic carbocycles. The van der Waals surface area contributed by atoms with Crippen LogP contribution >= 0.6 is 0 Å². The Hall–Kier alpha value is -3.02. The molecule has 142 valence electrons. The van der Waals surface area contributed by atoms with E-state index in [1.165, 1.54) is 0 Å². The minimum Gasteiger partial charge on any atom is -0.497 e. The molecule has 0 bridgehead atoms. The first-order chi connectivity index (χ1) is 13.0. The summed E-state index contributed by atoms with van der Waals surface area (Å²) in [6, 6.07) is 12.9. The van der Waals surface area contributed by atoms with Crippen molar-refractivity contribution in [1.82, 2.24) is 10.2 Å². The van der Waals surface area contributed by atoms with Gasteiger partial charge in [-0.3, -0.25) is 9.59 Å². The highest BCUT2D eigenvalue weighted by Gasteiger charge is 2.29. The van der Waals surface area contributed by atoms with Gasteiger partial charge in [0.1, 0.15) is 11.5 Å². The van der Waals surface area contributed by atoms with Gasteiger partial charge in [-0.1, -0.05) is 12.1 Å². The van der Waals surface area contributed by atoms with Gasteiger partial charge in [-0.05, 0) is 42.3 Å². The number of carbonyl (C=O) groups is 2. The molecule has 2 amide bonds. The number of hydrogen-bond donors (Lipinski definition) is 1. The summed E-state index contributed by atoms with van der Waals surface area (Å²) in [5, 5.41) is 2.94. The molecule has 6 nitrogen and oxygen atoms in total. The summed E-state index contributed by atoms with van der Waals surface area (Å²) in [6.07, 6.45) is 0.362. The summed E-state index contributed by atoms with van der Waals surface area (Å²) < 4.78 is 10.6. The molecule has 2 aromatic rings. The molecule has 0 spiro atoms. The van der Waals surface area contributed by atoms with Crippen molar-refractivity contribution in [1.29, 1.82) is 0 Å². The number of ether oxygens (including phenoxy) is 2. The monoisotopic (exact) mass is 368 g/mol. The lowest BCUT2D eigenvalue weighted by Gasteiger charge is -2.15. The van der Waals surface area contributed by atoms with Crippen LogP contribution in [0.1, 0.15) is 23.7 Å². The van der Waals surface area contributed by atoms with Gasteiger partial charge in [0.15, 0.2) is 0 Å². The number of benzene rings is 2. The van der Waals surface area contributed by atoms with Gasteiger partial charge in [-0.25, -0.2) is 0 Å². The van der Waals surface area contributed by atoms with E-state index in [2.05, 4.69) is 5.32 Å². The minimum absolute atomic E-state index is 0.0881. The Labute approximate surface area is 159 Å². The first-order valence-corrected chi connectivity index (χ1v) is 8.96. The Morgan fingerprint density at radius 1 is 1.07 bits per heavy atom. The van der Waals surface area contributed by atoms with E-state index in [1.807, 2.05) is 37.3 Å². The second kappa shape index (κ2) is 8.12. The molecule has 0 saturated carbocycles. The predicted octanol–water partition coefficient (Wildman–Crippen LogP) is 2.72. The van der Waals surface area contributed by atoms with Crippen molar-refractivity contribution in [2.45, 2.75) is 19.4 Å². The van der Waals surface area contributed by atoms with E-state index in [-0.39, 0.29) is 17.9 Å². The Morgan fingerprint density at radius 3 is 2.22 bits per heavy atom. The maximum Gasteiger partial charge on any atom is 0.251 e. The molecule has 3 rings (SSSR count). The van der Waals surface area contributed by atoms with Crippen molar-refractivity contribution in [3.05, 3.63) is 48.0 Å². The van der Waals surface area contributed by atoms with E-state index >= 15 is 0 Å². The van der Waals surface area contributed by atoms with E-state index in [1.54, 1.807) is 31.3 Å². The van der Waals surface area contributed by atoms with E-state index in [0.717, 1.165) is 11.1 Å². The van der Waals surface area contributed by atoms with Crippen LogP contribution in [0.5, 0.6) is 11.5 Å². The number of likely N-dealkylation sites (N-methyl/N-ethyl adjacent to an activating group) is 1. The van der Waals surface area contributed by atoms with Gasteiger partial charge >= 0.3 is 0 Å². The first-order valence-electron chi connectivity index (χ1n) is 8.96. The van der Waals surface area contributed by atoms with Crippen LogP contribution < -0.4 is 14.8 Å². The molecular weight excluding hydrogens is 344 g/mol. The lowest BCUT2D eigenvalue weighted by atomic mass is 10.0. The van der Waals surface area contributed by atoms with E-state index in [4.69, 9.17) is 9.47 Å². The SMILES string of the molecule is CCN1C[C@@H](NC(=O)c2ccc(-c3cc(OC)cc(OC)c3)cc2)CC1=O. The molecule has 0 aromatic heterocycles. The van der Waals surface area contributed by atoms with Gasteiger partial charge in [0.25, 0.3) is 5.91 Å². The third-order valence-electron chi connectivity index (χ3n) is 4.76. The molecule has 1 aliphatic heterocycles. The summed E-state index contributed by atoms with van der Waals surface area (Å²) in [4.78, 5) is 26.0. The number of nitrogens with one attached hydrogen (secondary N) is 1. The number of carbonyl (C=O) groups excluding carboxylic acids is 2. The zero-order valence-electron chi connectivity index (χ0n) is 15.8. The quantitative estimate of drug-likeness (QED) is 0.851. The highest BCUT2D eigenvalue weighted by Crippen LogP contribution is 2.29. The summed E-state index contributed by atoms with van der Waals surface area (Å²) in [5.74, 6) is 1.33. The zero-order valence-corrected chi connectivity index (χ0v) is 15.8. The van der Waals surface area contributed by atoms with Crippen LogP contribution in [-0.2, 0) is 4.79 Å². The van der Waals surface area contributed by atoms with Gasteiger partial charge in [0, 0.05) is 31.1 Å². The Kier molecular flexibility index (Phi) is 5.64. The van der Waals surface area contributed by atoms with E-state index in [0.29, 0.717) is 36.6 Å². The molecule has 0 unspecified atom stereocenters. The molecule has 1 saturated heterocycles. The summed E-state index contributed by atoms with van der Waals surface area (Å²) >= 11 is 0. The fourth-order valence-electron chi connectivity index (χ4n) is 3.23. The topological polar surface area (TPSA) is 67.9 Å². The number of methoxy groups -OCH3 is 2. The van der Waals surface area contributed by atoms with Crippen LogP contribution in [0.15, 0.2) is 42.5 Å². The van der Waals surface area contributed by atoms with Crippen LogP contribution in [0.4, 0.5) is 0 Å². The lowest BCUT2D eigenvalue weighted by Crippen LogP contribution is -2.37. The summed E-state index contributed by atoms with van der Waals surface area (Å²) in [5.41, 5.74) is 2.46. The van der Waals surface area contributed by atoms with E-state index < -0.39 is 0 Å². The summed E-state index contributed by atoms with van der Waals surface area (Å²) in [6.45, 7) is 3.18. The smallest absolute Gasteiger partial charge is 0.251 e. The molecule has 27 heavy (non-hydrogen) atoms. The molecule has 1 atom stereocenters. The molecular formula is C21H24N2O4. The maximum absolute atomic E-state index is 12.5. The van der Waals surface area contributed by atoms with Crippen molar-refractivity contribution < 1.29 is 19.1 Å². The average Bonchev–Trinajstić information content (AvgIpc) is 3.06. The second-order valence-corrected chi connectivity index (χ2v) is 6.49. The Morgan fingerprint density at radius 2 is 1.70 bits per heavy atom. The van der Waals surface area contributed by atoms with Crippen LogP contribution in [-0.4, -0.2) is 50.1 Å². The number of nitrogens with zero attached hydrogens (tertiary/aromatic N) is 1. The number of amides is 2. The van der Waals surface area contributed by atoms with Crippen LogP contribution in [0.2, 0.25) is 0 Å². The van der Waals surface area contributed by atoms with Crippen molar-refractivity contribution >= 4 is 11.8 Å². The minimum atomic E-state index is -0.166. The van der Waals surface area contributed by atoms with Crippen molar-refractivity contribution in [3.8, 4) is 22.6 Å². The molecule has 2 aromatic carbocycles. The highest BCUT2D eigenvalue weighted by molar-refractivity contribution is 5.95. The Balaban J connectivity index is 1.72. The van der Waals surface area contributed by atoms with Crippen LogP contribution in [0, 0.1) is 0 Å². The largest absolute Gasteiger partial charge is 0.497 e. The van der Waals surface area contributed by atoms with Crippen LogP contribution in [0.3, 0.4) is 0 Å². The maximum atomic E-state index is 12.5. The number of likely N-dealkylation sites (tertiary alicyclic amines) is 1. The van der Waals surface area contributed by atoms with Crippen LogP contribution in [0.25, 0.3) is 11.1 Å². The van der Waals surface area contributed by atoms with E-state index in [9.17, 15) is 9.59 Å². The van der Waals surface area contributed by atoms with Crippen molar-refractivity contribution in [2.75, 3.05) is 27.3 Å². The fraction of sp³-hybridized carbons (Fsp3) is 0.333. The summed E-state index contributed by atoms with van der Waals surface area (Å²) in [7, 11) is 3.22. The third-order valence-corrected chi connectivity index (χ3v) is 4.76. The average molecular weight is 368 g/mol.